The van der Waals surface area contributed by atoms with E-state index in [0.717, 1.165) is 11.5 Å². The highest BCUT2D eigenvalue weighted by Crippen LogP contribution is 2.14. The summed E-state index contributed by atoms with van der Waals surface area (Å²) >= 11 is 0. The minimum Gasteiger partial charge on any atom is -0.462 e. The average Bonchev–Trinajstić information content (AvgIpc) is 2.67. The standard InChI is InChI=1S/C12H14O.C7H8.C5H5N/c1-4-5-11(3)13-12-8-6-10(2)7-9-12;1-7-5-3-2-4-6-7;1-2-4-6-5-3-1/h4-9H,1H2,2-3H3;2-6H,1H3;1-5H/b11-5+;;. The van der Waals surface area contributed by atoms with Crippen LogP contribution < -0.4 is 4.74 Å². The number of pyridine rings is 1. The molecule has 1 heterocycles. The third-order valence-electron chi connectivity index (χ3n) is 3.16. The Labute approximate surface area is 157 Å². The van der Waals surface area contributed by atoms with Gasteiger partial charge in [-0.2, -0.15) is 0 Å². The molecule has 3 rings (SSSR count). The van der Waals surface area contributed by atoms with Gasteiger partial charge < -0.3 is 4.74 Å². The molecule has 0 aliphatic heterocycles. The van der Waals surface area contributed by atoms with Gasteiger partial charge >= 0.3 is 0 Å². The first-order valence-corrected chi connectivity index (χ1v) is 8.52. The van der Waals surface area contributed by atoms with Crippen molar-refractivity contribution in [3.8, 4) is 5.75 Å². The fourth-order valence-electron chi connectivity index (χ4n) is 1.84. The Balaban J connectivity index is 0.000000217. The Morgan fingerprint density at radius 2 is 1.35 bits per heavy atom. The maximum atomic E-state index is 5.50. The molecule has 0 spiro atoms. The third kappa shape index (κ3) is 10.6. The van der Waals surface area contributed by atoms with E-state index in [0.29, 0.717) is 0 Å². The molecule has 0 unspecified atom stereocenters. The van der Waals surface area contributed by atoms with E-state index in [1.165, 1.54) is 11.1 Å². The fraction of sp³-hybridized carbons (Fsp3) is 0.125. The van der Waals surface area contributed by atoms with E-state index in [2.05, 4.69) is 37.5 Å². The van der Waals surface area contributed by atoms with Crippen molar-refractivity contribution in [2.45, 2.75) is 20.8 Å². The van der Waals surface area contributed by atoms with E-state index >= 15 is 0 Å². The van der Waals surface area contributed by atoms with Crippen LogP contribution in [0.1, 0.15) is 18.1 Å². The van der Waals surface area contributed by atoms with E-state index < -0.39 is 0 Å². The van der Waals surface area contributed by atoms with Crippen LogP contribution in [0.25, 0.3) is 0 Å². The number of allylic oxidation sites excluding steroid dienone is 3. The molecule has 1 aromatic heterocycles. The lowest BCUT2D eigenvalue weighted by atomic mass is 10.2. The van der Waals surface area contributed by atoms with Crippen LogP contribution in [0, 0.1) is 13.8 Å². The Morgan fingerprint density at radius 3 is 1.73 bits per heavy atom. The Kier molecular flexibility index (Phi) is 10.6. The monoisotopic (exact) mass is 345 g/mol. The van der Waals surface area contributed by atoms with Crippen LogP contribution in [-0.2, 0) is 0 Å². The molecule has 0 bridgehead atoms. The molecule has 0 aliphatic carbocycles. The van der Waals surface area contributed by atoms with Gasteiger partial charge in [0.05, 0.1) is 0 Å². The zero-order valence-electron chi connectivity index (χ0n) is 15.8. The van der Waals surface area contributed by atoms with Crippen molar-refractivity contribution in [3.05, 3.63) is 121 Å². The van der Waals surface area contributed by atoms with Gasteiger partial charge in [-0.1, -0.05) is 72.3 Å². The molecule has 3 aromatic rings. The van der Waals surface area contributed by atoms with Gasteiger partial charge in [0.1, 0.15) is 11.5 Å². The van der Waals surface area contributed by atoms with E-state index in [1.54, 1.807) is 18.5 Å². The van der Waals surface area contributed by atoms with Gasteiger partial charge in [-0.15, -0.1) is 0 Å². The summed E-state index contributed by atoms with van der Waals surface area (Å²) in [6.07, 6.45) is 7.05. The van der Waals surface area contributed by atoms with Gasteiger partial charge in [-0.3, -0.25) is 4.98 Å². The average molecular weight is 345 g/mol. The van der Waals surface area contributed by atoms with Crippen LogP contribution in [-0.4, -0.2) is 4.98 Å². The number of aromatic nitrogens is 1. The lowest BCUT2D eigenvalue weighted by Crippen LogP contribution is -1.89. The Morgan fingerprint density at radius 1 is 0.808 bits per heavy atom. The van der Waals surface area contributed by atoms with Gasteiger partial charge in [0, 0.05) is 12.4 Å². The fourth-order valence-corrected chi connectivity index (χ4v) is 1.84. The first-order chi connectivity index (χ1) is 12.6. The summed E-state index contributed by atoms with van der Waals surface area (Å²) in [6, 6.07) is 23.9. The second kappa shape index (κ2) is 13.2. The van der Waals surface area contributed by atoms with Crippen LogP contribution in [0.2, 0.25) is 0 Å². The van der Waals surface area contributed by atoms with E-state index in [9.17, 15) is 0 Å². The smallest absolute Gasteiger partial charge is 0.126 e. The van der Waals surface area contributed by atoms with Crippen LogP contribution in [0.4, 0.5) is 0 Å². The Hall–Kier alpha value is -3.13. The lowest BCUT2D eigenvalue weighted by molar-refractivity contribution is 0.428. The summed E-state index contributed by atoms with van der Waals surface area (Å²) in [6.45, 7) is 9.64. The highest BCUT2D eigenvalue weighted by Gasteiger charge is 1.92. The molecular formula is C24H27NO. The molecule has 0 amide bonds. The first kappa shape index (κ1) is 20.9. The molecule has 0 aliphatic rings. The van der Waals surface area contributed by atoms with Crippen LogP contribution >= 0.6 is 0 Å². The summed E-state index contributed by atoms with van der Waals surface area (Å²) < 4.78 is 5.50. The first-order valence-electron chi connectivity index (χ1n) is 8.52. The predicted molar refractivity (Wildman–Crippen MR) is 111 cm³/mol. The number of hydrogen-bond donors (Lipinski definition) is 0. The van der Waals surface area contributed by atoms with Crippen LogP contribution in [0.15, 0.2) is 110 Å². The summed E-state index contributed by atoms with van der Waals surface area (Å²) in [7, 11) is 0. The quantitative estimate of drug-likeness (QED) is 0.397. The normalized spacial score (nSPS) is 9.73. The lowest BCUT2D eigenvalue weighted by Gasteiger charge is -2.04. The molecule has 0 atom stereocenters. The van der Waals surface area contributed by atoms with Crippen molar-refractivity contribution in [1.82, 2.24) is 4.98 Å². The third-order valence-corrected chi connectivity index (χ3v) is 3.16. The summed E-state index contributed by atoms with van der Waals surface area (Å²) in [4.78, 5) is 3.78. The number of aryl methyl sites for hydroxylation is 2. The largest absolute Gasteiger partial charge is 0.462 e. The molecule has 0 radical (unpaired) electrons. The zero-order chi connectivity index (χ0) is 19.0. The van der Waals surface area contributed by atoms with Crippen LogP contribution in [0.3, 0.4) is 0 Å². The molecule has 0 saturated heterocycles. The van der Waals surface area contributed by atoms with Crippen LogP contribution in [0.5, 0.6) is 5.75 Å². The second-order valence-electron chi connectivity index (χ2n) is 5.61. The van der Waals surface area contributed by atoms with Gasteiger partial charge in [-0.05, 0) is 51.1 Å². The van der Waals surface area contributed by atoms with Crippen molar-refractivity contribution < 1.29 is 4.74 Å². The summed E-state index contributed by atoms with van der Waals surface area (Å²) in [5.41, 5.74) is 2.56. The highest BCUT2D eigenvalue weighted by molar-refractivity contribution is 5.28. The van der Waals surface area contributed by atoms with Crippen molar-refractivity contribution in [3.63, 3.8) is 0 Å². The van der Waals surface area contributed by atoms with Gasteiger partial charge in [-0.25, -0.2) is 0 Å². The number of rotatable bonds is 3. The number of benzene rings is 2. The second-order valence-corrected chi connectivity index (χ2v) is 5.61. The van der Waals surface area contributed by atoms with Crippen molar-refractivity contribution in [2.24, 2.45) is 0 Å². The SMILES string of the molecule is C=C/C=C(\C)Oc1ccc(C)cc1.Cc1ccccc1.c1ccncc1. The Bertz CT molecular complexity index is 721. The summed E-state index contributed by atoms with van der Waals surface area (Å²) in [5.74, 6) is 1.71. The molecule has 2 heteroatoms. The van der Waals surface area contributed by atoms with Crippen molar-refractivity contribution in [2.75, 3.05) is 0 Å². The van der Waals surface area contributed by atoms with Gasteiger partial charge in [0.25, 0.3) is 0 Å². The number of nitrogens with zero attached hydrogens (tertiary/aromatic N) is 1. The minimum atomic E-state index is 0.846. The maximum absolute atomic E-state index is 5.50. The van der Waals surface area contributed by atoms with Gasteiger partial charge in [0.15, 0.2) is 0 Å². The molecule has 2 nitrogen and oxygen atoms in total. The number of ether oxygens (including phenoxy) is 1. The molecule has 134 valence electrons. The summed E-state index contributed by atoms with van der Waals surface area (Å²) in [5, 5.41) is 0. The maximum Gasteiger partial charge on any atom is 0.126 e. The number of hydrogen-bond acceptors (Lipinski definition) is 2. The molecule has 26 heavy (non-hydrogen) atoms. The molecule has 0 saturated carbocycles. The zero-order valence-corrected chi connectivity index (χ0v) is 15.8. The molecule has 0 N–H and O–H groups in total. The van der Waals surface area contributed by atoms with Crippen molar-refractivity contribution in [1.29, 1.82) is 0 Å². The highest BCUT2D eigenvalue weighted by atomic mass is 16.5. The van der Waals surface area contributed by atoms with E-state index in [4.69, 9.17) is 4.74 Å². The van der Waals surface area contributed by atoms with Crippen molar-refractivity contribution >= 4 is 0 Å². The molecular weight excluding hydrogens is 318 g/mol. The predicted octanol–water partition coefficient (Wildman–Crippen LogP) is 6.54. The van der Waals surface area contributed by atoms with E-state index in [1.807, 2.05) is 73.7 Å². The topological polar surface area (TPSA) is 22.1 Å². The van der Waals surface area contributed by atoms with E-state index in [-0.39, 0.29) is 0 Å². The molecule has 2 aromatic carbocycles. The van der Waals surface area contributed by atoms with Gasteiger partial charge in [0.2, 0.25) is 0 Å². The molecule has 0 fully saturated rings. The minimum absolute atomic E-state index is 0.846.